The Kier molecular flexibility index (Phi) is 10.4. The fourth-order valence-corrected chi connectivity index (χ4v) is 3.61. The second-order valence-corrected chi connectivity index (χ2v) is 7.13. The van der Waals surface area contributed by atoms with Crippen LogP contribution in [0.1, 0.15) is 116 Å². The van der Waals surface area contributed by atoms with Crippen molar-refractivity contribution in [2.45, 2.75) is 122 Å². The zero-order valence-corrected chi connectivity index (χ0v) is 14.0. The SMILES string of the molecule is CCCCCCCCCCCCCCC1([NH])CCCC1. The molecule has 1 aliphatic carbocycles. The quantitative estimate of drug-likeness (QED) is 0.336. The highest BCUT2D eigenvalue weighted by molar-refractivity contribution is 4.88. The lowest BCUT2D eigenvalue weighted by atomic mass is 9.91. The molecule has 0 atom stereocenters. The molecule has 1 N–H and O–H groups in total. The normalized spacial score (nSPS) is 17.7. The van der Waals surface area contributed by atoms with Crippen LogP contribution in [0.25, 0.3) is 0 Å². The summed E-state index contributed by atoms with van der Waals surface area (Å²) in [6.45, 7) is 2.29. The molecule has 0 aromatic rings. The van der Waals surface area contributed by atoms with Gasteiger partial charge >= 0.3 is 0 Å². The molecule has 0 heterocycles. The lowest BCUT2D eigenvalue weighted by molar-refractivity contribution is 0.370. The molecule has 0 spiro atoms. The molecule has 1 rings (SSSR count). The maximum Gasteiger partial charge on any atom is 0.0324 e. The van der Waals surface area contributed by atoms with E-state index in [1.54, 1.807) is 0 Å². The van der Waals surface area contributed by atoms with Crippen molar-refractivity contribution in [2.24, 2.45) is 0 Å². The summed E-state index contributed by atoms with van der Waals surface area (Å²) in [5.74, 6) is 0. The van der Waals surface area contributed by atoms with E-state index in [0.29, 0.717) is 0 Å². The molecule has 0 aromatic heterocycles. The minimum atomic E-state index is -0.0154. The van der Waals surface area contributed by atoms with Crippen LogP contribution in [-0.4, -0.2) is 5.54 Å². The van der Waals surface area contributed by atoms with Crippen molar-refractivity contribution in [1.29, 1.82) is 0 Å². The van der Waals surface area contributed by atoms with Gasteiger partial charge in [-0.15, -0.1) is 0 Å². The summed E-state index contributed by atoms with van der Waals surface area (Å²) in [4.78, 5) is 0. The summed E-state index contributed by atoms with van der Waals surface area (Å²) >= 11 is 0. The van der Waals surface area contributed by atoms with Gasteiger partial charge in [-0.3, -0.25) is 5.73 Å². The number of unbranched alkanes of at least 4 members (excludes halogenated alkanes) is 11. The second kappa shape index (κ2) is 11.6. The van der Waals surface area contributed by atoms with Crippen LogP contribution in [0, 0.1) is 0 Å². The standard InChI is InChI=1S/C19H38N/c1-2-3-4-5-6-7-8-9-10-11-12-13-16-19(20)17-14-15-18-19/h20H,2-18H2,1H3. The van der Waals surface area contributed by atoms with Crippen LogP contribution in [-0.2, 0) is 0 Å². The van der Waals surface area contributed by atoms with E-state index >= 15 is 0 Å². The van der Waals surface area contributed by atoms with Crippen LogP contribution in [0.2, 0.25) is 0 Å². The summed E-state index contributed by atoms with van der Waals surface area (Å²) in [5.41, 5.74) is 8.31. The summed E-state index contributed by atoms with van der Waals surface area (Å²) in [6, 6.07) is 0. The van der Waals surface area contributed by atoms with E-state index in [2.05, 4.69) is 6.92 Å². The number of rotatable bonds is 13. The smallest absolute Gasteiger partial charge is 0.0324 e. The van der Waals surface area contributed by atoms with Gasteiger partial charge in [0.25, 0.3) is 0 Å². The molecule has 1 radical (unpaired) electrons. The summed E-state index contributed by atoms with van der Waals surface area (Å²) in [7, 11) is 0. The Morgan fingerprint density at radius 2 is 1.05 bits per heavy atom. The molecular weight excluding hydrogens is 242 g/mol. The van der Waals surface area contributed by atoms with Crippen molar-refractivity contribution in [3.8, 4) is 0 Å². The highest BCUT2D eigenvalue weighted by Gasteiger charge is 2.29. The zero-order valence-electron chi connectivity index (χ0n) is 14.0. The Morgan fingerprint density at radius 3 is 1.50 bits per heavy atom. The maximum absolute atomic E-state index is 8.32. The monoisotopic (exact) mass is 280 g/mol. The number of nitrogens with one attached hydrogen (secondary N) is 1. The molecule has 0 bridgehead atoms. The van der Waals surface area contributed by atoms with Crippen LogP contribution in [0.4, 0.5) is 0 Å². The molecule has 119 valence electrons. The number of hydrogen-bond donors (Lipinski definition) is 0. The molecular formula is C19H38N. The third-order valence-electron chi connectivity index (χ3n) is 5.07. The van der Waals surface area contributed by atoms with E-state index in [4.69, 9.17) is 5.73 Å². The van der Waals surface area contributed by atoms with Crippen molar-refractivity contribution < 1.29 is 0 Å². The van der Waals surface area contributed by atoms with E-state index in [1.165, 1.54) is 109 Å². The van der Waals surface area contributed by atoms with Crippen molar-refractivity contribution >= 4 is 0 Å². The Labute approximate surface area is 128 Å². The molecule has 20 heavy (non-hydrogen) atoms. The van der Waals surface area contributed by atoms with Gasteiger partial charge in [-0.1, -0.05) is 96.8 Å². The molecule has 1 heteroatoms. The zero-order chi connectivity index (χ0) is 14.5. The van der Waals surface area contributed by atoms with E-state index in [0.717, 1.165) is 0 Å². The van der Waals surface area contributed by atoms with Gasteiger partial charge in [0.15, 0.2) is 0 Å². The van der Waals surface area contributed by atoms with Gasteiger partial charge in [0.05, 0.1) is 0 Å². The fourth-order valence-electron chi connectivity index (χ4n) is 3.61. The molecule has 0 aromatic carbocycles. The Balaban J connectivity index is 1.74. The molecule has 0 amide bonds. The second-order valence-electron chi connectivity index (χ2n) is 7.13. The number of hydrogen-bond acceptors (Lipinski definition) is 0. The van der Waals surface area contributed by atoms with Gasteiger partial charge in [0, 0.05) is 5.54 Å². The van der Waals surface area contributed by atoms with E-state index in [1.807, 2.05) is 0 Å². The fraction of sp³-hybridized carbons (Fsp3) is 1.00. The Hall–Kier alpha value is -0.0400. The molecule has 1 saturated carbocycles. The summed E-state index contributed by atoms with van der Waals surface area (Å²) < 4.78 is 0. The highest BCUT2D eigenvalue weighted by Crippen LogP contribution is 2.33. The van der Waals surface area contributed by atoms with Gasteiger partial charge in [-0.25, -0.2) is 0 Å². The largest absolute Gasteiger partial charge is 0.251 e. The summed E-state index contributed by atoms with van der Waals surface area (Å²) in [5, 5.41) is 0. The lowest BCUT2D eigenvalue weighted by Gasteiger charge is -2.21. The first-order chi connectivity index (χ1) is 9.77. The predicted octanol–water partition coefficient (Wildman–Crippen LogP) is 6.67. The third-order valence-corrected chi connectivity index (χ3v) is 5.07. The van der Waals surface area contributed by atoms with Crippen molar-refractivity contribution in [3.05, 3.63) is 0 Å². The highest BCUT2D eigenvalue weighted by atomic mass is 14.7. The average molecular weight is 281 g/mol. The third kappa shape index (κ3) is 9.00. The van der Waals surface area contributed by atoms with Crippen LogP contribution in [0.3, 0.4) is 0 Å². The average Bonchev–Trinajstić information content (AvgIpc) is 2.87. The van der Waals surface area contributed by atoms with Gasteiger partial charge in [0.2, 0.25) is 0 Å². The molecule has 1 fully saturated rings. The van der Waals surface area contributed by atoms with Gasteiger partial charge in [0.1, 0.15) is 0 Å². The summed E-state index contributed by atoms with van der Waals surface area (Å²) in [6.07, 6.45) is 23.2. The van der Waals surface area contributed by atoms with Gasteiger partial charge in [-0.05, 0) is 19.3 Å². The van der Waals surface area contributed by atoms with Crippen molar-refractivity contribution in [2.75, 3.05) is 0 Å². The van der Waals surface area contributed by atoms with E-state index < -0.39 is 0 Å². The molecule has 0 aliphatic heterocycles. The molecule has 0 saturated heterocycles. The first kappa shape index (κ1) is 18.0. The van der Waals surface area contributed by atoms with E-state index in [-0.39, 0.29) is 5.54 Å². The maximum atomic E-state index is 8.32. The van der Waals surface area contributed by atoms with Gasteiger partial charge < -0.3 is 0 Å². The predicted molar refractivity (Wildman–Crippen MR) is 90.0 cm³/mol. The van der Waals surface area contributed by atoms with Crippen molar-refractivity contribution in [3.63, 3.8) is 0 Å². The molecule has 1 nitrogen and oxygen atoms in total. The minimum Gasteiger partial charge on any atom is -0.251 e. The van der Waals surface area contributed by atoms with Crippen LogP contribution < -0.4 is 5.73 Å². The Morgan fingerprint density at radius 1 is 0.650 bits per heavy atom. The van der Waals surface area contributed by atoms with Crippen molar-refractivity contribution in [1.82, 2.24) is 5.73 Å². The molecule has 0 unspecified atom stereocenters. The van der Waals surface area contributed by atoms with Crippen LogP contribution in [0.15, 0.2) is 0 Å². The topological polar surface area (TPSA) is 23.8 Å². The van der Waals surface area contributed by atoms with Crippen LogP contribution >= 0.6 is 0 Å². The first-order valence-electron chi connectivity index (χ1n) is 9.52. The van der Waals surface area contributed by atoms with E-state index in [9.17, 15) is 0 Å². The Bertz CT molecular complexity index is 206. The van der Waals surface area contributed by atoms with Gasteiger partial charge in [-0.2, -0.15) is 0 Å². The first-order valence-corrected chi connectivity index (χ1v) is 9.52. The lowest BCUT2D eigenvalue weighted by Crippen LogP contribution is -2.25. The van der Waals surface area contributed by atoms with Crippen LogP contribution in [0.5, 0.6) is 0 Å². The molecule has 1 aliphatic rings. The minimum absolute atomic E-state index is 0.0154.